The van der Waals surface area contributed by atoms with E-state index in [1.54, 1.807) is 12.3 Å². The monoisotopic (exact) mass is 331 g/mol. The van der Waals surface area contributed by atoms with Crippen molar-refractivity contribution in [3.05, 3.63) is 47.9 Å². The van der Waals surface area contributed by atoms with E-state index in [0.29, 0.717) is 17.8 Å². The third-order valence-electron chi connectivity index (χ3n) is 3.33. The standard InChI is InChI=1S/C16H17N5O.ClH/c1-11(17-2)9-15-20-16(22-21-15)8-7-12-10-18-13-5-3-4-6-14(13)19-12;/h3-8,10-11,17H,9H2,1-2H3;1H/b8-7+;. The van der Waals surface area contributed by atoms with Gasteiger partial charge in [0.1, 0.15) is 0 Å². The Balaban J connectivity index is 0.00000192. The third-order valence-corrected chi connectivity index (χ3v) is 3.33. The Morgan fingerprint density at radius 2 is 1.96 bits per heavy atom. The summed E-state index contributed by atoms with van der Waals surface area (Å²) in [7, 11) is 1.91. The molecule has 1 atom stereocenters. The van der Waals surface area contributed by atoms with Crippen molar-refractivity contribution in [3.63, 3.8) is 0 Å². The van der Waals surface area contributed by atoms with Crippen LogP contribution in [0.2, 0.25) is 0 Å². The van der Waals surface area contributed by atoms with Crippen LogP contribution < -0.4 is 5.32 Å². The Morgan fingerprint density at radius 1 is 1.17 bits per heavy atom. The molecule has 0 aliphatic carbocycles. The van der Waals surface area contributed by atoms with Crippen molar-refractivity contribution in [2.24, 2.45) is 0 Å². The molecular formula is C16H18ClN5O. The van der Waals surface area contributed by atoms with E-state index in [1.165, 1.54) is 0 Å². The van der Waals surface area contributed by atoms with E-state index in [0.717, 1.165) is 23.1 Å². The van der Waals surface area contributed by atoms with E-state index < -0.39 is 0 Å². The van der Waals surface area contributed by atoms with Gasteiger partial charge in [-0.05, 0) is 32.2 Å². The maximum Gasteiger partial charge on any atom is 0.250 e. The lowest BCUT2D eigenvalue weighted by molar-refractivity contribution is 0.400. The minimum Gasteiger partial charge on any atom is -0.335 e. The molecule has 0 amide bonds. The zero-order valence-corrected chi connectivity index (χ0v) is 13.7. The number of nitrogens with zero attached hydrogens (tertiary/aromatic N) is 4. The first-order valence-electron chi connectivity index (χ1n) is 7.14. The van der Waals surface area contributed by atoms with Crippen molar-refractivity contribution < 1.29 is 4.52 Å². The van der Waals surface area contributed by atoms with Gasteiger partial charge in [0.05, 0.1) is 22.9 Å². The molecule has 3 rings (SSSR count). The summed E-state index contributed by atoms with van der Waals surface area (Å²) in [6.07, 6.45) is 6.01. The molecular weight excluding hydrogens is 314 g/mol. The fourth-order valence-electron chi connectivity index (χ4n) is 2.00. The van der Waals surface area contributed by atoms with Crippen LogP contribution in [0.5, 0.6) is 0 Å². The summed E-state index contributed by atoms with van der Waals surface area (Å²) in [5.41, 5.74) is 2.49. The Kier molecular flexibility index (Phi) is 5.78. The molecule has 23 heavy (non-hydrogen) atoms. The topological polar surface area (TPSA) is 76.7 Å². The summed E-state index contributed by atoms with van der Waals surface area (Å²) < 4.78 is 5.20. The maximum absolute atomic E-state index is 5.20. The van der Waals surface area contributed by atoms with Gasteiger partial charge in [-0.25, -0.2) is 4.98 Å². The summed E-state index contributed by atoms with van der Waals surface area (Å²) in [5.74, 6) is 1.15. The van der Waals surface area contributed by atoms with E-state index in [2.05, 4.69) is 32.3 Å². The molecule has 0 saturated carbocycles. The van der Waals surface area contributed by atoms with Crippen LogP contribution in [0, 0.1) is 0 Å². The van der Waals surface area contributed by atoms with Gasteiger partial charge in [0.25, 0.3) is 5.89 Å². The maximum atomic E-state index is 5.20. The number of aromatic nitrogens is 4. The van der Waals surface area contributed by atoms with Crippen molar-refractivity contribution in [1.82, 2.24) is 25.4 Å². The largest absolute Gasteiger partial charge is 0.335 e. The number of benzene rings is 1. The van der Waals surface area contributed by atoms with Crippen LogP contribution in [0.4, 0.5) is 0 Å². The van der Waals surface area contributed by atoms with E-state index in [1.807, 2.05) is 37.4 Å². The number of rotatable bonds is 5. The van der Waals surface area contributed by atoms with E-state index >= 15 is 0 Å². The van der Waals surface area contributed by atoms with Gasteiger partial charge in [-0.15, -0.1) is 12.4 Å². The third kappa shape index (κ3) is 4.34. The van der Waals surface area contributed by atoms with Crippen LogP contribution in [-0.4, -0.2) is 33.2 Å². The highest BCUT2D eigenvalue weighted by Crippen LogP contribution is 2.11. The molecule has 1 unspecified atom stereocenters. The zero-order valence-electron chi connectivity index (χ0n) is 12.9. The van der Waals surface area contributed by atoms with Gasteiger partial charge in [-0.1, -0.05) is 17.3 Å². The summed E-state index contributed by atoms with van der Waals surface area (Å²) in [6, 6.07) is 8.06. The van der Waals surface area contributed by atoms with E-state index in [9.17, 15) is 0 Å². The van der Waals surface area contributed by atoms with Crippen molar-refractivity contribution >= 4 is 35.6 Å². The Hall–Kier alpha value is -2.31. The summed E-state index contributed by atoms with van der Waals surface area (Å²) in [4.78, 5) is 13.2. The Morgan fingerprint density at radius 3 is 2.74 bits per heavy atom. The second kappa shape index (κ2) is 7.80. The van der Waals surface area contributed by atoms with Crippen LogP contribution in [0.3, 0.4) is 0 Å². The molecule has 0 spiro atoms. The Labute approximate surface area is 140 Å². The molecule has 0 aliphatic heterocycles. The van der Waals surface area contributed by atoms with Gasteiger partial charge in [0, 0.05) is 18.5 Å². The van der Waals surface area contributed by atoms with Crippen molar-refractivity contribution in [2.75, 3.05) is 7.05 Å². The zero-order chi connectivity index (χ0) is 15.4. The molecule has 120 valence electrons. The number of hydrogen-bond acceptors (Lipinski definition) is 6. The average molecular weight is 332 g/mol. The quantitative estimate of drug-likeness (QED) is 0.774. The van der Waals surface area contributed by atoms with Crippen LogP contribution in [0.15, 0.2) is 35.0 Å². The molecule has 0 bridgehead atoms. The van der Waals surface area contributed by atoms with Crippen molar-refractivity contribution in [2.45, 2.75) is 19.4 Å². The van der Waals surface area contributed by atoms with Gasteiger partial charge >= 0.3 is 0 Å². The predicted molar refractivity (Wildman–Crippen MR) is 92.2 cm³/mol. The van der Waals surface area contributed by atoms with Gasteiger partial charge in [-0.3, -0.25) is 4.98 Å². The first kappa shape index (κ1) is 17.1. The minimum absolute atomic E-state index is 0. The number of halogens is 1. The van der Waals surface area contributed by atoms with Crippen molar-refractivity contribution in [3.8, 4) is 0 Å². The number of likely N-dealkylation sites (N-methyl/N-ethyl adjacent to an activating group) is 1. The van der Waals surface area contributed by atoms with E-state index in [-0.39, 0.29) is 12.4 Å². The number of nitrogens with one attached hydrogen (secondary N) is 1. The molecule has 3 aromatic rings. The predicted octanol–water partition coefficient (Wildman–Crippen LogP) is 2.76. The van der Waals surface area contributed by atoms with Crippen LogP contribution in [0.1, 0.15) is 24.3 Å². The molecule has 0 aliphatic rings. The normalized spacial score (nSPS) is 12.4. The number of fused-ring (bicyclic) bond motifs is 1. The van der Waals surface area contributed by atoms with E-state index in [4.69, 9.17) is 4.52 Å². The fourth-order valence-corrected chi connectivity index (χ4v) is 2.00. The van der Waals surface area contributed by atoms with Gasteiger partial charge < -0.3 is 9.84 Å². The highest BCUT2D eigenvalue weighted by atomic mass is 35.5. The molecule has 7 heteroatoms. The molecule has 6 nitrogen and oxygen atoms in total. The molecule has 1 N–H and O–H groups in total. The van der Waals surface area contributed by atoms with Crippen molar-refractivity contribution in [1.29, 1.82) is 0 Å². The lowest BCUT2D eigenvalue weighted by Gasteiger charge is -2.04. The van der Waals surface area contributed by atoms with Gasteiger partial charge in [-0.2, -0.15) is 4.98 Å². The highest BCUT2D eigenvalue weighted by Gasteiger charge is 2.07. The van der Waals surface area contributed by atoms with Gasteiger partial charge in [0.2, 0.25) is 0 Å². The van der Waals surface area contributed by atoms with Gasteiger partial charge in [0.15, 0.2) is 5.82 Å². The molecule has 0 fully saturated rings. The molecule has 2 aromatic heterocycles. The molecule has 0 saturated heterocycles. The summed E-state index contributed by atoms with van der Waals surface area (Å²) >= 11 is 0. The smallest absolute Gasteiger partial charge is 0.250 e. The number of para-hydroxylation sites is 2. The first-order valence-corrected chi connectivity index (χ1v) is 7.14. The summed E-state index contributed by atoms with van der Waals surface area (Å²) in [5, 5.41) is 7.09. The number of hydrogen-bond donors (Lipinski definition) is 1. The van der Waals surface area contributed by atoms with Crippen LogP contribution in [-0.2, 0) is 6.42 Å². The Bertz CT molecular complexity index is 802. The van der Waals surface area contributed by atoms with Crippen LogP contribution >= 0.6 is 12.4 Å². The molecule has 1 aromatic carbocycles. The lowest BCUT2D eigenvalue weighted by atomic mass is 10.2. The first-order chi connectivity index (χ1) is 10.7. The fraction of sp³-hybridized carbons (Fsp3) is 0.250. The lowest BCUT2D eigenvalue weighted by Crippen LogP contribution is -2.24. The second-order valence-electron chi connectivity index (χ2n) is 5.06. The average Bonchev–Trinajstić information content (AvgIpc) is 3.00. The minimum atomic E-state index is 0. The SMILES string of the molecule is CNC(C)Cc1noc(/C=C/c2cnc3ccccc3n2)n1.Cl. The molecule has 0 radical (unpaired) electrons. The molecule has 2 heterocycles. The second-order valence-corrected chi connectivity index (χ2v) is 5.06. The van der Waals surface area contributed by atoms with Crippen LogP contribution in [0.25, 0.3) is 23.2 Å². The highest BCUT2D eigenvalue weighted by molar-refractivity contribution is 5.85. The summed E-state index contributed by atoms with van der Waals surface area (Å²) in [6.45, 7) is 2.07.